The molecule has 0 aromatic carbocycles. The molecule has 0 bridgehead atoms. The Labute approximate surface area is 57.6 Å². The van der Waals surface area contributed by atoms with Gasteiger partial charge in [-0.15, -0.1) is 6.58 Å². The first-order chi connectivity index (χ1) is 4.35. The van der Waals surface area contributed by atoms with Gasteiger partial charge in [-0.05, 0) is 24.2 Å². The zero-order valence-electron chi connectivity index (χ0n) is 5.69. The minimum Gasteiger partial charge on any atom is -0.316 e. The lowest BCUT2D eigenvalue weighted by atomic mass is 9.59. The van der Waals surface area contributed by atoms with Crippen molar-refractivity contribution in [1.82, 2.24) is 5.32 Å². The Morgan fingerprint density at radius 2 is 2.22 bits per heavy atom. The highest BCUT2D eigenvalue weighted by molar-refractivity contribution is 5.06. The van der Waals surface area contributed by atoms with E-state index in [2.05, 4.69) is 18.0 Å². The van der Waals surface area contributed by atoms with Crippen LogP contribution in [0.3, 0.4) is 0 Å². The summed E-state index contributed by atoms with van der Waals surface area (Å²) in [6.07, 6.45) is 4.89. The molecule has 0 aromatic heterocycles. The highest BCUT2D eigenvalue weighted by Crippen LogP contribution is 2.48. The van der Waals surface area contributed by atoms with E-state index in [-0.39, 0.29) is 1.43 Å². The van der Waals surface area contributed by atoms with E-state index in [1.807, 2.05) is 0 Å². The number of hydrogen-bond donors (Lipinski definition) is 1. The maximum Gasteiger partial charge on any atom is 0.00206 e. The fraction of sp³-hybridized carbons (Fsp3) is 0.750. The van der Waals surface area contributed by atoms with E-state index in [9.17, 15) is 0 Å². The van der Waals surface area contributed by atoms with E-state index < -0.39 is 0 Å². The largest absolute Gasteiger partial charge is 0.316 e. The maximum atomic E-state index is 3.79. The standard InChI is InChI=1S/C8H13N.H2/c1-2-7-3-8(4-7)5-9-6-8;/h2,7,9H,1,3-6H2;1H. The zero-order chi connectivity index (χ0) is 6.32. The molecule has 1 spiro atoms. The second kappa shape index (κ2) is 1.60. The molecule has 1 nitrogen and oxygen atoms in total. The first kappa shape index (κ1) is 5.48. The van der Waals surface area contributed by atoms with Crippen LogP contribution in [0.2, 0.25) is 0 Å². The van der Waals surface area contributed by atoms with Crippen molar-refractivity contribution < 1.29 is 1.43 Å². The molecule has 1 N–H and O–H groups in total. The summed E-state index contributed by atoms with van der Waals surface area (Å²) in [5.74, 6) is 0.840. The second-order valence-electron chi connectivity index (χ2n) is 3.51. The molecule has 1 heterocycles. The van der Waals surface area contributed by atoms with Crippen molar-refractivity contribution in [2.24, 2.45) is 11.3 Å². The Balaban J connectivity index is 0.000000500. The van der Waals surface area contributed by atoms with Crippen molar-refractivity contribution in [3.63, 3.8) is 0 Å². The van der Waals surface area contributed by atoms with Crippen LogP contribution in [0.25, 0.3) is 0 Å². The monoisotopic (exact) mass is 125 g/mol. The minimum absolute atomic E-state index is 0. The maximum absolute atomic E-state index is 3.79. The molecule has 1 aliphatic carbocycles. The van der Waals surface area contributed by atoms with Crippen molar-refractivity contribution in [2.75, 3.05) is 13.1 Å². The fourth-order valence-electron chi connectivity index (χ4n) is 1.99. The summed E-state index contributed by atoms with van der Waals surface area (Å²) < 4.78 is 0. The van der Waals surface area contributed by atoms with Crippen molar-refractivity contribution >= 4 is 0 Å². The van der Waals surface area contributed by atoms with Gasteiger partial charge in [0.15, 0.2) is 0 Å². The molecule has 0 unspecified atom stereocenters. The van der Waals surface area contributed by atoms with Gasteiger partial charge >= 0.3 is 0 Å². The van der Waals surface area contributed by atoms with Gasteiger partial charge in [0.2, 0.25) is 0 Å². The van der Waals surface area contributed by atoms with Crippen LogP contribution in [0.5, 0.6) is 0 Å². The molecule has 1 saturated carbocycles. The molecule has 1 saturated heterocycles. The Bertz CT molecular complexity index is 132. The Kier molecular flexibility index (Phi) is 0.974. The number of hydrogen-bond acceptors (Lipinski definition) is 1. The van der Waals surface area contributed by atoms with Gasteiger partial charge < -0.3 is 5.32 Å². The lowest BCUT2D eigenvalue weighted by Crippen LogP contribution is -2.59. The zero-order valence-corrected chi connectivity index (χ0v) is 5.69. The van der Waals surface area contributed by atoms with Crippen molar-refractivity contribution in [3.8, 4) is 0 Å². The Morgan fingerprint density at radius 3 is 2.56 bits per heavy atom. The molecule has 1 aliphatic heterocycles. The SMILES string of the molecule is C=CC1CC2(CNC2)C1.[HH]. The molecule has 2 aliphatic rings. The molecular weight excluding hydrogens is 110 g/mol. The normalized spacial score (nSPS) is 31.1. The molecule has 0 amide bonds. The van der Waals surface area contributed by atoms with Crippen LogP contribution in [0.1, 0.15) is 14.3 Å². The smallest absolute Gasteiger partial charge is 0.00206 e. The third-order valence-electron chi connectivity index (χ3n) is 2.72. The van der Waals surface area contributed by atoms with E-state index in [4.69, 9.17) is 0 Å². The number of rotatable bonds is 1. The Hall–Kier alpha value is -0.300. The lowest BCUT2D eigenvalue weighted by Gasteiger charge is -2.53. The van der Waals surface area contributed by atoms with Crippen molar-refractivity contribution in [1.29, 1.82) is 0 Å². The molecular formula is C8H15N. The summed E-state index contributed by atoms with van der Waals surface area (Å²) in [5, 5.41) is 3.31. The van der Waals surface area contributed by atoms with Crippen LogP contribution < -0.4 is 5.32 Å². The quantitative estimate of drug-likeness (QED) is 0.523. The van der Waals surface area contributed by atoms with Gasteiger partial charge in [-0.3, -0.25) is 0 Å². The molecule has 0 atom stereocenters. The molecule has 9 heavy (non-hydrogen) atoms. The van der Waals surface area contributed by atoms with Gasteiger partial charge in [0.1, 0.15) is 0 Å². The molecule has 2 rings (SSSR count). The third-order valence-corrected chi connectivity index (χ3v) is 2.72. The van der Waals surface area contributed by atoms with E-state index in [1.54, 1.807) is 0 Å². The van der Waals surface area contributed by atoms with Gasteiger partial charge in [0, 0.05) is 14.5 Å². The van der Waals surface area contributed by atoms with Gasteiger partial charge in [-0.2, -0.15) is 0 Å². The van der Waals surface area contributed by atoms with Crippen LogP contribution in [0.15, 0.2) is 12.7 Å². The number of nitrogens with one attached hydrogen (secondary N) is 1. The molecule has 0 aromatic rings. The highest BCUT2D eigenvalue weighted by atomic mass is 15.0. The lowest BCUT2D eigenvalue weighted by molar-refractivity contribution is 0.0226. The van der Waals surface area contributed by atoms with Gasteiger partial charge in [-0.1, -0.05) is 6.08 Å². The van der Waals surface area contributed by atoms with E-state index in [0.717, 1.165) is 11.3 Å². The fourth-order valence-corrected chi connectivity index (χ4v) is 1.99. The van der Waals surface area contributed by atoms with E-state index >= 15 is 0 Å². The van der Waals surface area contributed by atoms with Gasteiger partial charge in [0.05, 0.1) is 0 Å². The average Bonchev–Trinajstić information content (AvgIpc) is 1.59. The van der Waals surface area contributed by atoms with Crippen LogP contribution in [-0.4, -0.2) is 13.1 Å². The number of allylic oxidation sites excluding steroid dienone is 1. The van der Waals surface area contributed by atoms with E-state index in [1.165, 1.54) is 25.9 Å². The van der Waals surface area contributed by atoms with Crippen LogP contribution >= 0.6 is 0 Å². The van der Waals surface area contributed by atoms with Crippen LogP contribution in [0.4, 0.5) is 0 Å². The molecule has 2 fully saturated rings. The first-order valence-corrected chi connectivity index (χ1v) is 3.68. The van der Waals surface area contributed by atoms with Crippen molar-refractivity contribution in [3.05, 3.63) is 12.7 Å². The predicted octanol–water partition coefficient (Wildman–Crippen LogP) is 1.42. The first-order valence-electron chi connectivity index (χ1n) is 3.68. The van der Waals surface area contributed by atoms with Crippen LogP contribution in [0, 0.1) is 11.3 Å². The van der Waals surface area contributed by atoms with E-state index in [0.29, 0.717) is 0 Å². The Morgan fingerprint density at radius 1 is 1.56 bits per heavy atom. The average molecular weight is 125 g/mol. The molecule has 0 radical (unpaired) electrons. The summed E-state index contributed by atoms with van der Waals surface area (Å²) in [6, 6.07) is 0. The third kappa shape index (κ3) is 0.645. The summed E-state index contributed by atoms with van der Waals surface area (Å²) in [7, 11) is 0. The predicted molar refractivity (Wildman–Crippen MR) is 40.3 cm³/mol. The molecule has 1 heteroatoms. The minimum atomic E-state index is 0. The van der Waals surface area contributed by atoms with Gasteiger partial charge in [-0.25, -0.2) is 0 Å². The van der Waals surface area contributed by atoms with Crippen molar-refractivity contribution in [2.45, 2.75) is 12.8 Å². The highest BCUT2D eigenvalue weighted by Gasteiger charge is 2.46. The van der Waals surface area contributed by atoms with Gasteiger partial charge in [0.25, 0.3) is 0 Å². The van der Waals surface area contributed by atoms with Crippen LogP contribution in [-0.2, 0) is 0 Å². The summed E-state index contributed by atoms with van der Waals surface area (Å²) in [6.45, 7) is 6.31. The summed E-state index contributed by atoms with van der Waals surface area (Å²) in [5.41, 5.74) is 0.735. The topological polar surface area (TPSA) is 12.0 Å². The molecule has 52 valence electrons. The summed E-state index contributed by atoms with van der Waals surface area (Å²) in [4.78, 5) is 0. The second-order valence-corrected chi connectivity index (χ2v) is 3.51. The summed E-state index contributed by atoms with van der Waals surface area (Å²) >= 11 is 0.